The van der Waals surface area contributed by atoms with Crippen molar-refractivity contribution >= 4 is 31.9 Å². The Morgan fingerprint density at radius 3 is 2.67 bits per heavy atom. The van der Waals surface area contributed by atoms with E-state index in [4.69, 9.17) is 5.14 Å². The van der Waals surface area contributed by atoms with Crippen LogP contribution >= 0.6 is 15.9 Å². The Bertz CT molecular complexity index is 543. The summed E-state index contributed by atoms with van der Waals surface area (Å²) in [6.07, 6.45) is 1.84. The summed E-state index contributed by atoms with van der Waals surface area (Å²) in [5, 5.41) is 7.74. The predicted molar refractivity (Wildman–Crippen MR) is 72.8 cm³/mol. The molecule has 0 radical (unpaired) electrons. The molecule has 0 fully saturated rings. The van der Waals surface area contributed by atoms with Crippen LogP contribution in [0.15, 0.2) is 27.6 Å². The van der Waals surface area contributed by atoms with Gasteiger partial charge in [0.15, 0.2) is 0 Å². The summed E-state index contributed by atoms with van der Waals surface area (Å²) in [5.41, 5.74) is 0.262. The lowest BCUT2D eigenvalue weighted by atomic mass is 10.2. The minimum absolute atomic E-state index is 0.0775. The van der Waals surface area contributed by atoms with Crippen LogP contribution in [0.1, 0.15) is 30.1 Å². The zero-order valence-electron chi connectivity index (χ0n) is 9.94. The number of hydrogen-bond donors (Lipinski definition) is 2. The quantitative estimate of drug-likeness (QED) is 0.802. The fraction of sp³-hybridized carbons (Fsp3) is 0.364. The minimum atomic E-state index is -3.80. The highest BCUT2D eigenvalue weighted by Gasteiger charge is 2.15. The Kier molecular flexibility index (Phi) is 5.30. The molecule has 0 atom stereocenters. The van der Waals surface area contributed by atoms with Crippen LogP contribution in [0.4, 0.5) is 0 Å². The second-order valence-corrected chi connectivity index (χ2v) is 6.21. The number of carbonyl (C=O) groups excluding carboxylic acids is 1. The first-order chi connectivity index (χ1) is 8.36. The second kappa shape index (κ2) is 6.31. The SMILES string of the molecule is CCCCNC(=O)c1cc(S(N)(=O)=O)ccc1Br. The second-order valence-electron chi connectivity index (χ2n) is 3.80. The van der Waals surface area contributed by atoms with Crippen molar-refractivity contribution in [3.05, 3.63) is 28.2 Å². The lowest BCUT2D eigenvalue weighted by Gasteiger charge is -2.07. The van der Waals surface area contributed by atoms with Gasteiger partial charge in [-0.15, -0.1) is 0 Å². The van der Waals surface area contributed by atoms with Crippen LogP contribution in [0, 0.1) is 0 Å². The zero-order chi connectivity index (χ0) is 13.8. The number of nitrogens with two attached hydrogens (primary N) is 1. The summed E-state index contributed by atoms with van der Waals surface area (Å²) in [4.78, 5) is 11.8. The van der Waals surface area contributed by atoms with E-state index in [-0.39, 0.29) is 16.4 Å². The zero-order valence-corrected chi connectivity index (χ0v) is 12.3. The molecule has 0 aromatic heterocycles. The van der Waals surface area contributed by atoms with Crippen molar-refractivity contribution in [2.24, 2.45) is 5.14 Å². The van der Waals surface area contributed by atoms with Crippen LogP contribution in [0.2, 0.25) is 0 Å². The van der Waals surface area contributed by atoms with Crippen LogP contribution in [-0.2, 0) is 10.0 Å². The molecule has 18 heavy (non-hydrogen) atoms. The van der Waals surface area contributed by atoms with Gasteiger partial charge in [0.2, 0.25) is 10.0 Å². The molecule has 1 aromatic rings. The Balaban J connectivity index is 2.97. The summed E-state index contributed by atoms with van der Waals surface area (Å²) in [7, 11) is -3.80. The monoisotopic (exact) mass is 334 g/mol. The maximum atomic E-state index is 11.8. The molecule has 0 spiro atoms. The summed E-state index contributed by atoms with van der Waals surface area (Å²) in [6, 6.07) is 4.11. The van der Waals surface area contributed by atoms with Gasteiger partial charge in [0.05, 0.1) is 10.5 Å². The molecule has 0 bridgehead atoms. The van der Waals surface area contributed by atoms with Gasteiger partial charge < -0.3 is 5.32 Å². The molecule has 3 N–H and O–H groups in total. The maximum Gasteiger partial charge on any atom is 0.252 e. The molecule has 7 heteroatoms. The molecule has 0 unspecified atom stereocenters. The van der Waals surface area contributed by atoms with Gasteiger partial charge in [-0.3, -0.25) is 4.79 Å². The fourth-order valence-corrected chi connectivity index (χ4v) is 2.30. The Morgan fingerprint density at radius 1 is 1.44 bits per heavy atom. The fourth-order valence-electron chi connectivity index (χ4n) is 1.33. The smallest absolute Gasteiger partial charge is 0.252 e. The number of halogens is 1. The van der Waals surface area contributed by atoms with Crippen molar-refractivity contribution in [1.82, 2.24) is 5.32 Å². The molecule has 1 amide bonds. The van der Waals surface area contributed by atoms with E-state index in [1.807, 2.05) is 6.92 Å². The van der Waals surface area contributed by atoms with E-state index >= 15 is 0 Å². The lowest BCUT2D eigenvalue weighted by Crippen LogP contribution is -2.25. The molecule has 1 rings (SSSR count). The highest BCUT2D eigenvalue weighted by atomic mass is 79.9. The van der Waals surface area contributed by atoms with Crippen LogP contribution in [0.25, 0.3) is 0 Å². The maximum absolute atomic E-state index is 11.8. The molecule has 1 aromatic carbocycles. The third-order valence-corrected chi connectivity index (χ3v) is 3.93. The molecule has 5 nitrogen and oxygen atoms in total. The third-order valence-electron chi connectivity index (χ3n) is 2.33. The lowest BCUT2D eigenvalue weighted by molar-refractivity contribution is 0.0952. The van der Waals surface area contributed by atoms with Crippen LogP contribution < -0.4 is 10.5 Å². The van der Waals surface area contributed by atoms with Crippen LogP contribution in [-0.4, -0.2) is 20.9 Å². The van der Waals surface area contributed by atoms with Gasteiger partial charge in [-0.05, 0) is 40.5 Å². The summed E-state index contributed by atoms with van der Waals surface area (Å²) in [6.45, 7) is 2.57. The number of primary sulfonamides is 1. The van der Waals surface area contributed by atoms with E-state index < -0.39 is 10.0 Å². The van der Waals surface area contributed by atoms with Crippen molar-refractivity contribution in [1.29, 1.82) is 0 Å². The number of sulfonamides is 1. The largest absolute Gasteiger partial charge is 0.352 e. The molecule has 0 aliphatic carbocycles. The van der Waals surface area contributed by atoms with Gasteiger partial charge in [-0.25, -0.2) is 13.6 Å². The average molecular weight is 335 g/mol. The van der Waals surface area contributed by atoms with E-state index in [9.17, 15) is 13.2 Å². The number of carbonyl (C=O) groups is 1. The summed E-state index contributed by atoms with van der Waals surface area (Å²) >= 11 is 3.21. The minimum Gasteiger partial charge on any atom is -0.352 e. The number of nitrogens with one attached hydrogen (secondary N) is 1. The van der Waals surface area contributed by atoms with Gasteiger partial charge in [0.25, 0.3) is 5.91 Å². The van der Waals surface area contributed by atoms with Gasteiger partial charge >= 0.3 is 0 Å². The van der Waals surface area contributed by atoms with Gasteiger partial charge in [-0.1, -0.05) is 13.3 Å². The highest BCUT2D eigenvalue weighted by molar-refractivity contribution is 9.10. The Hall–Kier alpha value is -0.920. The van der Waals surface area contributed by atoms with E-state index in [0.717, 1.165) is 12.8 Å². The molecule has 0 aliphatic rings. The molecule has 0 heterocycles. The van der Waals surface area contributed by atoms with Crippen molar-refractivity contribution in [2.75, 3.05) is 6.54 Å². The molecular formula is C11H15BrN2O3S. The average Bonchev–Trinajstić information content (AvgIpc) is 2.28. The van der Waals surface area contributed by atoms with E-state index in [0.29, 0.717) is 11.0 Å². The Morgan fingerprint density at radius 2 is 2.11 bits per heavy atom. The van der Waals surface area contributed by atoms with Gasteiger partial charge in [0, 0.05) is 11.0 Å². The first-order valence-corrected chi connectivity index (χ1v) is 7.80. The van der Waals surface area contributed by atoms with Crippen LogP contribution in [0.3, 0.4) is 0 Å². The summed E-state index contributed by atoms with van der Waals surface area (Å²) in [5.74, 6) is -0.319. The van der Waals surface area contributed by atoms with E-state index in [1.54, 1.807) is 0 Å². The van der Waals surface area contributed by atoms with Gasteiger partial charge in [0.1, 0.15) is 0 Å². The topological polar surface area (TPSA) is 89.3 Å². The van der Waals surface area contributed by atoms with Crippen molar-refractivity contribution in [3.8, 4) is 0 Å². The number of rotatable bonds is 5. The number of benzene rings is 1. The predicted octanol–water partition coefficient (Wildman–Crippen LogP) is 1.63. The van der Waals surface area contributed by atoms with E-state index in [1.165, 1.54) is 18.2 Å². The standard InChI is InChI=1S/C11H15BrN2O3S/c1-2-3-6-14-11(15)9-7-8(18(13,16)17)4-5-10(9)12/h4-5,7H,2-3,6H2,1H3,(H,14,15)(H2,13,16,17). The number of hydrogen-bond acceptors (Lipinski definition) is 3. The molecular weight excluding hydrogens is 320 g/mol. The van der Waals surface area contributed by atoms with Crippen molar-refractivity contribution in [3.63, 3.8) is 0 Å². The number of unbranched alkanes of at least 4 members (excludes halogenated alkanes) is 1. The van der Waals surface area contributed by atoms with Gasteiger partial charge in [-0.2, -0.15) is 0 Å². The first kappa shape index (κ1) is 15.1. The molecule has 0 saturated carbocycles. The first-order valence-electron chi connectivity index (χ1n) is 5.46. The van der Waals surface area contributed by atoms with Crippen LogP contribution in [0.5, 0.6) is 0 Å². The third kappa shape index (κ3) is 4.08. The Labute approximate surface area is 115 Å². The summed E-state index contributed by atoms with van der Waals surface area (Å²) < 4.78 is 23.0. The number of amides is 1. The van der Waals surface area contributed by atoms with Crippen molar-refractivity contribution < 1.29 is 13.2 Å². The van der Waals surface area contributed by atoms with Crippen molar-refractivity contribution in [2.45, 2.75) is 24.7 Å². The normalized spacial score (nSPS) is 11.3. The van der Waals surface area contributed by atoms with E-state index in [2.05, 4.69) is 21.2 Å². The highest BCUT2D eigenvalue weighted by Crippen LogP contribution is 2.20. The molecule has 0 saturated heterocycles. The molecule has 0 aliphatic heterocycles. The molecule has 100 valence electrons.